The third kappa shape index (κ3) is 3.64. The molecule has 5 aromatic rings. The molecule has 4 heterocycles. The van der Waals surface area contributed by atoms with E-state index in [0.29, 0.717) is 27.7 Å². The molecule has 4 aromatic heterocycles. The van der Waals surface area contributed by atoms with E-state index in [1.807, 2.05) is 30.4 Å². The van der Waals surface area contributed by atoms with Crippen molar-refractivity contribution in [2.45, 2.75) is 19.9 Å². The minimum atomic E-state index is -0.193. The Morgan fingerprint density at radius 1 is 1.21 bits per heavy atom. The summed E-state index contributed by atoms with van der Waals surface area (Å²) < 4.78 is 4.37. The van der Waals surface area contributed by atoms with Crippen LogP contribution in [-0.2, 0) is 14.1 Å². The van der Waals surface area contributed by atoms with Gasteiger partial charge in [0.25, 0.3) is 5.56 Å². The van der Waals surface area contributed by atoms with E-state index >= 15 is 0 Å². The van der Waals surface area contributed by atoms with Crippen LogP contribution in [0.15, 0.2) is 35.4 Å². The summed E-state index contributed by atoms with van der Waals surface area (Å²) >= 11 is 8.30. The van der Waals surface area contributed by atoms with E-state index in [1.54, 1.807) is 31.1 Å². The van der Waals surface area contributed by atoms with Gasteiger partial charge in [0, 0.05) is 7.05 Å². The van der Waals surface area contributed by atoms with E-state index in [1.165, 1.54) is 4.80 Å². The maximum Gasteiger partial charge on any atom is 0.261 e. The predicted octanol–water partition coefficient (Wildman–Crippen LogP) is 3.51. The normalized spacial score (nSPS) is 12.5. The van der Waals surface area contributed by atoms with Crippen molar-refractivity contribution in [3.05, 3.63) is 60.9 Å². The lowest BCUT2D eigenvalue weighted by atomic mass is 10.0. The van der Waals surface area contributed by atoms with Crippen molar-refractivity contribution in [1.29, 1.82) is 0 Å². The Bertz CT molecular complexity index is 1600. The van der Waals surface area contributed by atoms with E-state index in [4.69, 9.17) is 11.6 Å². The Hall–Kier alpha value is -3.06. The molecule has 0 aliphatic carbocycles. The average molecular weight is 576 g/mol. The van der Waals surface area contributed by atoms with Crippen LogP contribution in [0.3, 0.4) is 0 Å². The first-order valence-corrected chi connectivity index (χ1v) is 11.5. The number of aromatic nitrogens is 8. The minimum absolute atomic E-state index is 0.0642. The van der Waals surface area contributed by atoms with Crippen molar-refractivity contribution in [2.24, 2.45) is 14.1 Å². The maximum atomic E-state index is 13.2. The highest BCUT2D eigenvalue weighted by Gasteiger charge is 2.21. The smallest absolute Gasteiger partial charge is 0.261 e. The van der Waals surface area contributed by atoms with Crippen LogP contribution >= 0.6 is 34.2 Å². The first kappa shape index (κ1) is 21.8. The Balaban J connectivity index is 1.69. The molecule has 5 rings (SSSR count). The van der Waals surface area contributed by atoms with Crippen LogP contribution in [0.4, 0.5) is 5.69 Å². The molecule has 0 amide bonds. The van der Waals surface area contributed by atoms with Crippen molar-refractivity contribution >= 4 is 56.4 Å². The number of fused-ring (bicyclic) bond motifs is 3. The second-order valence-electron chi connectivity index (χ2n) is 7.84. The third-order valence-electron chi connectivity index (χ3n) is 5.50. The lowest BCUT2D eigenvalue weighted by Gasteiger charge is -2.21. The fourth-order valence-electron chi connectivity index (χ4n) is 4.04. The number of nitrogens with one attached hydrogen (secondary N) is 1. The van der Waals surface area contributed by atoms with Gasteiger partial charge >= 0.3 is 0 Å². The quantitative estimate of drug-likeness (QED) is 0.258. The van der Waals surface area contributed by atoms with E-state index < -0.39 is 0 Å². The molecule has 0 aliphatic heterocycles. The van der Waals surface area contributed by atoms with Gasteiger partial charge in [-0.1, -0.05) is 17.7 Å². The molecule has 0 radical (unpaired) electrons. The van der Waals surface area contributed by atoms with Crippen LogP contribution in [0, 0.1) is 10.6 Å². The lowest BCUT2D eigenvalue weighted by Crippen LogP contribution is -2.21. The number of tetrazole rings is 1. The van der Waals surface area contributed by atoms with Gasteiger partial charge in [0.1, 0.15) is 20.9 Å². The standard InChI is InChI=1S/C21H19ClIN9O/c1-10-7-12(17-13(8-10)21(33)30(3)20-18(23)24-9-32(17)20)11(2)25-14-5-6-15(22)26-16(14)19-27-29-31(4)28-19/h5-9,11,25H,1-4H3. The lowest BCUT2D eigenvalue weighted by molar-refractivity contribution is 0.630. The van der Waals surface area contributed by atoms with Crippen LogP contribution in [0.5, 0.6) is 0 Å². The Morgan fingerprint density at radius 3 is 2.73 bits per heavy atom. The monoisotopic (exact) mass is 575 g/mol. The molecule has 0 fully saturated rings. The highest BCUT2D eigenvalue weighted by molar-refractivity contribution is 14.1. The van der Waals surface area contributed by atoms with Gasteiger partial charge < -0.3 is 5.32 Å². The van der Waals surface area contributed by atoms with Gasteiger partial charge in [0.05, 0.1) is 29.7 Å². The van der Waals surface area contributed by atoms with Gasteiger partial charge in [-0.05, 0) is 71.0 Å². The molecule has 10 nitrogen and oxygen atoms in total. The summed E-state index contributed by atoms with van der Waals surface area (Å²) in [7, 11) is 3.46. The van der Waals surface area contributed by atoms with Gasteiger partial charge in [-0.15, -0.1) is 10.2 Å². The molecule has 0 spiro atoms. The molecule has 1 unspecified atom stereocenters. The van der Waals surface area contributed by atoms with Gasteiger partial charge in [0.15, 0.2) is 5.65 Å². The first-order chi connectivity index (χ1) is 15.7. The number of benzene rings is 1. The molecule has 33 heavy (non-hydrogen) atoms. The summed E-state index contributed by atoms with van der Waals surface area (Å²) in [6.45, 7) is 4.01. The van der Waals surface area contributed by atoms with Crippen LogP contribution < -0.4 is 10.9 Å². The van der Waals surface area contributed by atoms with Gasteiger partial charge in [0.2, 0.25) is 5.82 Å². The molecule has 0 aliphatic rings. The summed E-state index contributed by atoms with van der Waals surface area (Å²) in [6.07, 6.45) is 1.75. The fraction of sp³-hybridized carbons (Fsp3) is 0.238. The highest BCUT2D eigenvalue weighted by Crippen LogP contribution is 2.32. The molecule has 12 heteroatoms. The zero-order valence-corrected chi connectivity index (χ0v) is 21.1. The molecule has 0 bridgehead atoms. The van der Waals surface area contributed by atoms with Crippen molar-refractivity contribution in [3.63, 3.8) is 0 Å². The minimum Gasteiger partial charge on any atom is -0.377 e. The maximum absolute atomic E-state index is 13.2. The number of rotatable bonds is 4. The molecular formula is C21H19ClIN9O. The van der Waals surface area contributed by atoms with Crippen LogP contribution in [0.2, 0.25) is 5.15 Å². The number of hydrogen-bond donors (Lipinski definition) is 1. The van der Waals surface area contributed by atoms with E-state index in [-0.39, 0.29) is 11.6 Å². The summed E-state index contributed by atoms with van der Waals surface area (Å²) in [6, 6.07) is 7.34. The summed E-state index contributed by atoms with van der Waals surface area (Å²) in [5.41, 5.74) is 4.65. The second-order valence-corrected chi connectivity index (χ2v) is 9.25. The molecule has 1 atom stereocenters. The number of halogens is 2. The fourth-order valence-corrected chi connectivity index (χ4v) is 4.94. The van der Waals surface area contributed by atoms with Gasteiger partial charge in [-0.3, -0.25) is 13.8 Å². The SMILES string of the molecule is Cc1cc(C(C)Nc2ccc(Cl)nc2-c2nnn(C)n2)c2c(c1)c(=O)n(C)c1c(I)ncn21. The summed E-state index contributed by atoms with van der Waals surface area (Å²) in [4.78, 5) is 23.4. The van der Waals surface area contributed by atoms with Gasteiger partial charge in [-0.2, -0.15) is 4.80 Å². The number of pyridine rings is 1. The Kier molecular flexibility index (Phi) is 5.32. The number of anilines is 1. The zero-order chi connectivity index (χ0) is 23.4. The van der Waals surface area contributed by atoms with Crippen molar-refractivity contribution in [1.82, 2.24) is 39.1 Å². The molecule has 1 N–H and O–H groups in total. The Labute approximate surface area is 206 Å². The number of nitrogens with zero attached hydrogens (tertiary/aromatic N) is 8. The molecule has 0 saturated heterocycles. The average Bonchev–Trinajstić information content (AvgIpc) is 3.38. The van der Waals surface area contributed by atoms with Crippen molar-refractivity contribution < 1.29 is 0 Å². The Morgan fingerprint density at radius 2 is 2.00 bits per heavy atom. The van der Waals surface area contributed by atoms with E-state index in [2.05, 4.69) is 59.4 Å². The third-order valence-corrected chi connectivity index (χ3v) is 6.47. The van der Waals surface area contributed by atoms with Crippen molar-refractivity contribution in [3.8, 4) is 11.5 Å². The van der Waals surface area contributed by atoms with Crippen LogP contribution in [0.25, 0.3) is 28.1 Å². The van der Waals surface area contributed by atoms with E-state index in [0.717, 1.165) is 26.0 Å². The first-order valence-electron chi connectivity index (χ1n) is 10.1. The highest BCUT2D eigenvalue weighted by atomic mass is 127. The molecular weight excluding hydrogens is 557 g/mol. The molecule has 168 valence electrons. The number of aryl methyl sites for hydroxylation is 3. The molecule has 0 saturated carbocycles. The van der Waals surface area contributed by atoms with Crippen LogP contribution in [0.1, 0.15) is 24.1 Å². The zero-order valence-electron chi connectivity index (χ0n) is 18.2. The summed E-state index contributed by atoms with van der Waals surface area (Å²) in [5.74, 6) is 0.365. The van der Waals surface area contributed by atoms with Crippen LogP contribution in [-0.4, -0.2) is 39.1 Å². The van der Waals surface area contributed by atoms with E-state index in [9.17, 15) is 4.79 Å². The molecule has 1 aromatic carbocycles. The summed E-state index contributed by atoms with van der Waals surface area (Å²) in [5, 5.41) is 16.7. The topological polar surface area (TPSA) is 108 Å². The van der Waals surface area contributed by atoms with Gasteiger partial charge in [-0.25, -0.2) is 9.97 Å². The van der Waals surface area contributed by atoms with Crippen molar-refractivity contribution in [2.75, 3.05) is 5.32 Å². The predicted molar refractivity (Wildman–Crippen MR) is 134 cm³/mol. The number of imidazole rings is 1. The second kappa shape index (κ2) is 8.06. The largest absolute Gasteiger partial charge is 0.377 e. The number of hydrogen-bond acceptors (Lipinski definition) is 7.